The maximum atomic E-state index is 13.8. The zero-order valence-electron chi connectivity index (χ0n) is 10.5. The van der Waals surface area contributed by atoms with Gasteiger partial charge in [-0.15, -0.1) is 0 Å². The van der Waals surface area contributed by atoms with E-state index in [2.05, 4.69) is 26.0 Å². The average molecular weight is 364 g/mol. The Labute approximate surface area is 126 Å². The van der Waals surface area contributed by atoms with E-state index in [1.165, 1.54) is 24.3 Å². The molecule has 1 N–H and O–H groups in total. The molecule has 112 valence electrons. The van der Waals surface area contributed by atoms with E-state index in [9.17, 15) is 17.6 Å². The van der Waals surface area contributed by atoms with Crippen LogP contribution in [0.2, 0.25) is 0 Å². The van der Waals surface area contributed by atoms with Crippen LogP contribution < -0.4 is 10.1 Å². The third-order valence-electron chi connectivity index (χ3n) is 2.70. The summed E-state index contributed by atoms with van der Waals surface area (Å²) in [5.74, 6) is -1.56. The van der Waals surface area contributed by atoms with Crippen LogP contribution in [-0.2, 0) is 6.54 Å². The predicted molar refractivity (Wildman–Crippen MR) is 74.5 cm³/mol. The van der Waals surface area contributed by atoms with Gasteiger partial charge in [-0.25, -0.2) is 8.78 Å². The second-order valence-corrected chi connectivity index (χ2v) is 4.90. The van der Waals surface area contributed by atoms with Crippen LogP contribution in [0, 0.1) is 11.6 Å². The first-order chi connectivity index (χ1) is 9.99. The van der Waals surface area contributed by atoms with Crippen molar-refractivity contribution in [3.05, 3.63) is 58.1 Å². The highest BCUT2D eigenvalue weighted by Crippen LogP contribution is 2.27. The molecule has 2 aromatic rings. The van der Waals surface area contributed by atoms with E-state index >= 15 is 0 Å². The normalized spacial score (nSPS) is 10.8. The van der Waals surface area contributed by atoms with Crippen LogP contribution in [-0.4, -0.2) is 6.61 Å². The lowest BCUT2D eigenvalue weighted by Gasteiger charge is -2.13. The molecule has 0 atom stereocenters. The molecule has 2 nitrogen and oxygen atoms in total. The lowest BCUT2D eigenvalue weighted by Crippen LogP contribution is -2.08. The Bertz CT molecular complexity index is 636. The van der Waals surface area contributed by atoms with Crippen molar-refractivity contribution in [1.82, 2.24) is 0 Å². The van der Waals surface area contributed by atoms with Gasteiger partial charge in [0.05, 0.1) is 10.2 Å². The lowest BCUT2D eigenvalue weighted by molar-refractivity contribution is -0.0493. The van der Waals surface area contributed by atoms with Crippen molar-refractivity contribution in [1.29, 1.82) is 0 Å². The molecule has 0 saturated carbocycles. The Hall–Kier alpha value is -1.76. The summed E-state index contributed by atoms with van der Waals surface area (Å²) < 4.78 is 56.4. The predicted octanol–water partition coefficient (Wildman–Crippen LogP) is 4.94. The molecule has 0 bridgehead atoms. The first-order valence-corrected chi connectivity index (χ1v) is 6.68. The van der Waals surface area contributed by atoms with E-state index in [0.29, 0.717) is 0 Å². The maximum absolute atomic E-state index is 13.8. The topological polar surface area (TPSA) is 21.3 Å². The molecule has 0 aliphatic heterocycles. The van der Waals surface area contributed by atoms with E-state index in [1.54, 1.807) is 6.07 Å². The molecule has 0 saturated heterocycles. The van der Waals surface area contributed by atoms with Gasteiger partial charge in [0, 0.05) is 12.1 Å². The van der Waals surface area contributed by atoms with Gasteiger partial charge in [0.15, 0.2) is 0 Å². The summed E-state index contributed by atoms with van der Waals surface area (Å²) in [6, 6.07) is 8.29. The summed E-state index contributed by atoms with van der Waals surface area (Å²) in [5, 5.41) is 2.68. The van der Waals surface area contributed by atoms with Crippen molar-refractivity contribution in [2.24, 2.45) is 0 Å². The van der Waals surface area contributed by atoms with E-state index in [1.807, 2.05) is 0 Å². The Morgan fingerprint density at radius 1 is 1.10 bits per heavy atom. The van der Waals surface area contributed by atoms with Crippen LogP contribution in [0.15, 0.2) is 40.9 Å². The van der Waals surface area contributed by atoms with Gasteiger partial charge >= 0.3 is 6.61 Å². The minimum atomic E-state index is -2.98. The summed E-state index contributed by atoms with van der Waals surface area (Å²) in [6.45, 7) is -3.19. The van der Waals surface area contributed by atoms with Crippen LogP contribution in [0.4, 0.5) is 23.2 Å². The van der Waals surface area contributed by atoms with Gasteiger partial charge in [-0.2, -0.15) is 8.78 Å². The van der Waals surface area contributed by atoms with E-state index in [4.69, 9.17) is 0 Å². The highest BCUT2D eigenvalue weighted by atomic mass is 79.9. The number of hydrogen-bond acceptors (Lipinski definition) is 2. The minimum absolute atomic E-state index is 0.0942. The fraction of sp³-hybridized carbons (Fsp3) is 0.143. The van der Waals surface area contributed by atoms with Gasteiger partial charge in [-0.3, -0.25) is 0 Å². The molecule has 0 aromatic heterocycles. The molecule has 21 heavy (non-hydrogen) atoms. The summed E-state index contributed by atoms with van der Waals surface area (Å²) in [6.07, 6.45) is 0. The standard InChI is InChI=1S/C14H10BrF4NO/c15-9-5-6-10(16)8(13(9)17)7-20-11-3-1-2-4-12(11)21-14(18)19/h1-6,14,20H,7H2. The zero-order chi connectivity index (χ0) is 15.4. The Kier molecular flexibility index (Phi) is 5.06. The molecule has 0 unspecified atom stereocenters. The molecule has 7 heteroatoms. The van der Waals surface area contributed by atoms with Crippen molar-refractivity contribution in [3.8, 4) is 5.75 Å². The molecule has 0 heterocycles. The SMILES string of the molecule is Fc1ccc(Br)c(F)c1CNc1ccccc1OC(F)F. The fourth-order valence-corrected chi connectivity index (χ4v) is 2.10. The molecule has 2 rings (SSSR count). The molecule has 0 aliphatic rings. The molecule has 2 aromatic carbocycles. The second-order valence-electron chi connectivity index (χ2n) is 4.05. The van der Waals surface area contributed by atoms with Crippen molar-refractivity contribution in [3.63, 3.8) is 0 Å². The van der Waals surface area contributed by atoms with Crippen LogP contribution in [0.1, 0.15) is 5.56 Å². The van der Waals surface area contributed by atoms with Crippen LogP contribution in [0.5, 0.6) is 5.75 Å². The third kappa shape index (κ3) is 3.87. The van der Waals surface area contributed by atoms with Gasteiger partial charge < -0.3 is 10.1 Å². The smallest absolute Gasteiger partial charge is 0.387 e. The highest BCUT2D eigenvalue weighted by molar-refractivity contribution is 9.10. The Balaban J connectivity index is 2.19. The van der Waals surface area contributed by atoms with Gasteiger partial charge in [0.25, 0.3) is 0 Å². The van der Waals surface area contributed by atoms with Crippen LogP contribution in [0.25, 0.3) is 0 Å². The van der Waals surface area contributed by atoms with E-state index in [0.717, 1.165) is 6.07 Å². The molecule has 0 radical (unpaired) electrons. The number of para-hydroxylation sites is 2. The number of benzene rings is 2. The molecule has 0 aliphatic carbocycles. The first-order valence-electron chi connectivity index (χ1n) is 5.89. The summed E-state index contributed by atoms with van der Waals surface area (Å²) in [4.78, 5) is 0. The minimum Gasteiger partial charge on any atom is -0.433 e. The Morgan fingerprint density at radius 2 is 1.81 bits per heavy atom. The Morgan fingerprint density at radius 3 is 2.52 bits per heavy atom. The number of anilines is 1. The van der Waals surface area contributed by atoms with Gasteiger partial charge in [0.2, 0.25) is 0 Å². The number of halogens is 5. The summed E-state index contributed by atoms with van der Waals surface area (Å²) in [7, 11) is 0. The average Bonchev–Trinajstić information content (AvgIpc) is 2.44. The quantitative estimate of drug-likeness (QED) is 0.599. The monoisotopic (exact) mass is 363 g/mol. The van der Waals surface area contributed by atoms with Crippen LogP contribution >= 0.6 is 15.9 Å². The molecule has 0 spiro atoms. The molecule has 0 fully saturated rings. The van der Waals surface area contributed by atoms with Crippen LogP contribution in [0.3, 0.4) is 0 Å². The third-order valence-corrected chi connectivity index (χ3v) is 3.31. The fourth-order valence-electron chi connectivity index (χ4n) is 1.73. The number of nitrogens with one attached hydrogen (secondary N) is 1. The van der Waals surface area contributed by atoms with Gasteiger partial charge in [0.1, 0.15) is 17.4 Å². The summed E-state index contributed by atoms with van der Waals surface area (Å²) >= 11 is 2.96. The number of rotatable bonds is 5. The number of hydrogen-bond donors (Lipinski definition) is 1. The maximum Gasteiger partial charge on any atom is 0.387 e. The number of ether oxygens (including phenoxy) is 1. The zero-order valence-corrected chi connectivity index (χ0v) is 12.1. The highest BCUT2D eigenvalue weighted by Gasteiger charge is 2.14. The van der Waals surface area contributed by atoms with Gasteiger partial charge in [-0.1, -0.05) is 12.1 Å². The van der Waals surface area contributed by atoms with E-state index in [-0.39, 0.29) is 28.0 Å². The van der Waals surface area contributed by atoms with Crippen molar-refractivity contribution in [2.75, 3.05) is 5.32 Å². The largest absolute Gasteiger partial charge is 0.433 e. The molecular formula is C14H10BrF4NO. The first kappa shape index (κ1) is 15.6. The molecular weight excluding hydrogens is 354 g/mol. The van der Waals surface area contributed by atoms with Crippen molar-refractivity contribution >= 4 is 21.6 Å². The van der Waals surface area contributed by atoms with Crippen molar-refractivity contribution < 1.29 is 22.3 Å². The second kappa shape index (κ2) is 6.80. The van der Waals surface area contributed by atoms with Crippen molar-refractivity contribution in [2.45, 2.75) is 13.2 Å². The lowest BCUT2D eigenvalue weighted by atomic mass is 10.2. The summed E-state index contributed by atoms with van der Waals surface area (Å²) in [5.41, 5.74) is 0.0211. The van der Waals surface area contributed by atoms with E-state index < -0.39 is 18.2 Å². The number of alkyl halides is 2. The molecule has 0 amide bonds. The van der Waals surface area contributed by atoms with Gasteiger partial charge in [-0.05, 0) is 40.2 Å².